The second-order valence-electron chi connectivity index (χ2n) is 7.06. The molecule has 0 aromatic heterocycles. The Morgan fingerprint density at radius 3 is 2.36 bits per heavy atom. The van der Waals surface area contributed by atoms with Crippen molar-refractivity contribution in [2.45, 2.75) is 44.7 Å². The molecule has 0 atom stereocenters. The van der Waals surface area contributed by atoms with E-state index in [2.05, 4.69) is 10.0 Å². The highest BCUT2D eigenvalue weighted by Crippen LogP contribution is 2.15. The minimum Gasteiger partial charge on any atom is -0.348 e. The Morgan fingerprint density at radius 2 is 1.72 bits per heavy atom. The van der Waals surface area contributed by atoms with Gasteiger partial charge in [0.05, 0.1) is 4.90 Å². The van der Waals surface area contributed by atoms with Crippen molar-refractivity contribution < 1.29 is 13.2 Å². The van der Waals surface area contributed by atoms with E-state index in [1.807, 2.05) is 31.2 Å². The van der Waals surface area contributed by atoms with Crippen LogP contribution in [0.5, 0.6) is 0 Å². The van der Waals surface area contributed by atoms with Gasteiger partial charge in [0.15, 0.2) is 0 Å². The fourth-order valence-corrected chi connectivity index (χ4v) is 3.84. The molecular formula is C19H24N2O3S. The smallest absolute Gasteiger partial charge is 0.251 e. The first-order valence-corrected chi connectivity index (χ1v) is 9.53. The molecule has 134 valence electrons. The lowest BCUT2D eigenvalue weighted by Gasteiger charge is -2.20. The van der Waals surface area contributed by atoms with Crippen LogP contribution in [-0.2, 0) is 16.6 Å². The van der Waals surface area contributed by atoms with E-state index in [0.717, 1.165) is 11.1 Å². The second-order valence-corrected chi connectivity index (χ2v) is 8.74. The first-order chi connectivity index (χ1) is 11.6. The van der Waals surface area contributed by atoms with Crippen LogP contribution in [0.15, 0.2) is 53.4 Å². The minimum absolute atomic E-state index is 0.0747. The van der Waals surface area contributed by atoms with E-state index >= 15 is 0 Å². The molecule has 2 N–H and O–H groups in total. The number of nitrogens with one attached hydrogen (secondary N) is 2. The van der Waals surface area contributed by atoms with Gasteiger partial charge in [-0.1, -0.05) is 35.9 Å². The van der Waals surface area contributed by atoms with Crippen molar-refractivity contribution in [1.29, 1.82) is 0 Å². The molecule has 1 amide bonds. The molecule has 0 fully saturated rings. The molecule has 0 heterocycles. The third-order valence-electron chi connectivity index (χ3n) is 3.38. The predicted octanol–water partition coefficient (Wildman–Crippen LogP) is 3.00. The molecule has 0 radical (unpaired) electrons. The molecule has 0 saturated heterocycles. The summed E-state index contributed by atoms with van der Waals surface area (Å²) in [6, 6.07) is 13.9. The molecule has 2 rings (SSSR count). The highest BCUT2D eigenvalue weighted by Gasteiger charge is 2.22. The van der Waals surface area contributed by atoms with Crippen molar-refractivity contribution in [3.8, 4) is 0 Å². The Bertz CT molecular complexity index is 868. The summed E-state index contributed by atoms with van der Waals surface area (Å²) in [7, 11) is -3.68. The monoisotopic (exact) mass is 360 g/mol. The molecule has 0 saturated carbocycles. The zero-order chi connectivity index (χ0) is 18.7. The quantitative estimate of drug-likeness (QED) is 0.861. The van der Waals surface area contributed by atoms with Crippen molar-refractivity contribution in [3.05, 3.63) is 65.2 Å². The summed E-state index contributed by atoms with van der Waals surface area (Å²) in [4.78, 5) is 12.4. The van der Waals surface area contributed by atoms with Crippen molar-refractivity contribution in [2.24, 2.45) is 0 Å². The van der Waals surface area contributed by atoms with Gasteiger partial charge in [-0.25, -0.2) is 13.1 Å². The summed E-state index contributed by atoms with van der Waals surface area (Å²) in [5, 5.41) is 2.82. The zero-order valence-electron chi connectivity index (χ0n) is 15.0. The van der Waals surface area contributed by atoms with Gasteiger partial charge in [-0.2, -0.15) is 0 Å². The number of benzene rings is 2. The molecule has 2 aromatic rings. The Kier molecular flexibility index (Phi) is 5.65. The molecule has 0 aliphatic heterocycles. The lowest BCUT2D eigenvalue weighted by Crippen LogP contribution is -2.40. The van der Waals surface area contributed by atoms with Gasteiger partial charge in [-0.05, 0) is 51.5 Å². The minimum atomic E-state index is -3.68. The Hall–Kier alpha value is -2.18. The van der Waals surface area contributed by atoms with Crippen LogP contribution in [-0.4, -0.2) is 19.9 Å². The van der Waals surface area contributed by atoms with Gasteiger partial charge in [-0.3, -0.25) is 4.79 Å². The lowest BCUT2D eigenvalue weighted by molar-refractivity contribution is 0.0950. The average Bonchev–Trinajstić information content (AvgIpc) is 2.50. The van der Waals surface area contributed by atoms with E-state index in [1.165, 1.54) is 12.1 Å². The van der Waals surface area contributed by atoms with Crippen LogP contribution in [0.3, 0.4) is 0 Å². The van der Waals surface area contributed by atoms with Crippen LogP contribution < -0.4 is 10.0 Å². The fraction of sp³-hybridized carbons (Fsp3) is 0.316. The van der Waals surface area contributed by atoms with E-state index in [0.29, 0.717) is 12.1 Å². The second kappa shape index (κ2) is 7.37. The van der Waals surface area contributed by atoms with Crippen molar-refractivity contribution >= 4 is 15.9 Å². The van der Waals surface area contributed by atoms with Crippen LogP contribution in [0.2, 0.25) is 0 Å². The van der Waals surface area contributed by atoms with Crippen molar-refractivity contribution in [3.63, 3.8) is 0 Å². The summed E-state index contributed by atoms with van der Waals surface area (Å²) in [5.41, 5.74) is 1.83. The number of hydrogen-bond acceptors (Lipinski definition) is 3. The van der Waals surface area contributed by atoms with E-state index in [1.54, 1.807) is 32.9 Å². The lowest BCUT2D eigenvalue weighted by atomic mass is 10.1. The SMILES string of the molecule is Cc1cccc(CNC(=O)c2cccc(S(=O)(=O)NC(C)(C)C)c2)c1. The summed E-state index contributed by atoms with van der Waals surface area (Å²) >= 11 is 0. The highest BCUT2D eigenvalue weighted by atomic mass is 32.2. The number of amides is 1. The molecule has 0 spiro atoms. The number of aryl methyl sites for hydroxylation is 1. The van der Waals surface area contributed by atoms with Crippen molar-refractivity contribution in [1.82, 2.24) is 10.0 Å². The Labute approximate surface area is 149 Å². The van der Waals surface area contributed by atoms with Crippen LogP contribution >= 0.6 is 0 Å². The molecule has 0 aliphatic carbocycles. The van der Waals surface area contributed by atoms with Gasteiger partial charge in [0, 0.05) is 17.6 Å². The molecule has 5 nitrogen and oxygen atoms in total. The van der Waals surface area contributed by atoms with Gasteiger partial charge in [0.25, 0.3) is 5.91 Å². The van der Waals surface area contributed by atoms with Gasteiger partial charge in [0.1, 0.15) is 0 Å². The van der Waals surface area contributed by atoms with E-state index < -0.39 is 15.6 Å². The Morgan fingerprint density at radius 1 is 1.04 bits per heavy atom. The summed E-state index contributed by atoms with van der Waals surface area (Å²) < 4.78 is 27.4. The molecule has 6 heteroatoms. The maximum atomic E-state index is 12.4. The first-order valence-electron chi connectivity index (χ1n) is 8.05. The third kappa shape index (κ3) is 5.69. The predicted molar refractivity (Wildman–Crippen MR) is 98.9 cm³/mol. The number of carbonyl (C=O) groups is 1. The van der Waals surface area contributed by atoms with Crippen LogP contribution in [0.25, 0.3) is 0 Å². The number of carbonyl (C=O) groups excluding carboxylic acids is 1. The average molecular weight is 360 g/mol. The molecule has 25 heavy (non-hydrogen) atoms. The maximum Gasteiger partial charge on any atom is 0.251 e. The van der Waals surface area contributed by atoms with Crippen LogP contribution in [0.1, 0.15) is 42.3 Å². The standard InChI is InChI=1S/C19H24N2O3S/c1-14-7-5-8-15(11-14)13-20-18(22)16-9-6-10-17(12-16)25(23,24)21-19(2,3)4/h5-12,21H,13H2,1-4H3,(H,20,22). The van der Waals surface area contributed by atoms with E-state index in [9.17, 15) is 13.2 Å². The largest absolute Gasteiger partial charge is 0.348 e. The number of rotatable bonds is 5. The Balaban J connectivity index is 2.14. The fourth-order valence-electron chi connectivity index (χ4n) is 2.37. The van der Waals surface area contributed by atoms with Gasteiger partial charge in [0.2, 0.25) is 10.0 Å². The summed E-state index contributed by atoms with van der Waals surface area (Å²) in [6.07, 6.45) is 0. The summed E-state index contributed by atoms with van der Waals surface area (Å²) in [6.45, 7) is 7.68. The number of sulfonamides is 1. The number of hydrogen-bond donors (Lipinski definition) is 2. The van der Waals surface area contributed by atoms with Gasteiger partial charge in [-0.15, -0.1) is 0 Å². The van der Waals surface area contributed by atoms with E-state index in [4.69, 9.17) is 0 Å². The van der Waals surface area contributed by atoms with Crippen LogP contribution in [0, 0.1) is 6.92 Å². The van der Waals surface area contributed by atoms with Crippen molar-refractivity contribution in [2.75, 3.05) is 0 Å². The molecular weight excluding hydrogens is 336 g/mol. The molecule has 0 aliphatic rings. The third-order valence-corrected chi connectivity index (χ3v) is 5.14. The maximum absolute atomic E-state index is 12.4. The molecule has 2 aromatic carbocycles. The van der Waals surface area contributed by atoms with E-state index in [-0.39, 0.29) is 10.8 Å². The first kappa shape index (κ1) is 19.1. The molecule has 0 unspecified atom stereocenters. The van der Waals surface area contributed by atoms with Crippen LogP contribution in [0.4, 0.5) is 0 Å². The van der Waals surface area contributed by atoms with Gasteiger partial charge < -0.3 is 5.32 Å². The normalized spacial score (nSPS) is 12.0. The highest BCUT2D eigenvalue weighted by molar-refractivity contribution is 7.89. The molecule has 0 bridgehead atoms. The van der Waals surface area contributed by atoms with Gasteiger partial charge >= 0.3 is 0 Å². The summed E-state index contributed by atoms with van der Waals surface area (Å²) in [5.74, 6) is -0.311. The topological polar surface area (TPSA) is 75.3 Å². The zero-order valence-corrected chi connectivity index (χ0v) is 15.8.